The van der Waals surface area contributed by atoms with Gasteiger partial charge in [-0.1, -0.05) is 6.07 Å². The lowest BCUT2D eigenvalue weighted by Crippen LogP contribution is -2.45. The van der Waals surface area contributed by atoms with E-state index in [1.165, 1.54) is 12.1 Å². The van der Waals surface area contributed by atoms with Gasteiger partial charge in [0.25, 0.3) is 5.91 Å². The van der Waals surface area contributed by atoms with Crippen molar-refractivity contribution in [3.63, 3.8) is 0 Å². The summed E-state index contributed by atoms with van der Waals surface area (Å²) in [5.41, 5.74) is -1.28. The maximum absolute atomic E-state index is 13.4. The highest BCUT2D eigenvalue weighted by atomic mass is 32.2. The summed E-state index contributed by atoms with van der Waals surface area (Å²) in [5, 5.41) is 12.7. The summed E-state index contributed by atoms with van der Waals surface area (Å²) in [6.07, 6.45) is 1.17. The van der Waals surface area contributed by atoms with Gasteiger partial charge in [-0.15, -0.1) is 0 Å². The summed E-state index contributed by atoms with van der Waals surface area (Å²) in [5.74, 6) is -1.25. The van der Waals surface area contributed by atoms with Gasteiger partial charge < -0.3 is 10.4 Å². The molecule has 1 fully saturated rings. The van der Waals surface area contributed by atoms with Crippen molar-refractivity contribution in [3.8, 4) is 0 Å². The zero-order valence-electron chi connectivity index (χ0n) is 10.3. The number of carbonyl (C=O) groups excluding carboxylic acids is 1. The number of thioether (sulfide) groups is 1. The van der Waals surface area contributed by atoms with Crippen LogP contribution in [0, 0.1) is 11.6 Å². The minimum atomic E-state index is -1.16. The van der Waals surface area contributed by atoms with Crippen molar-refractivity contribution < 1.29 is 18.7 Å². The number of hydrogen-bond acceptors (Lipinski definition) is 3. The molecule has 1 saturated heterocycles. The van der Waals surface area contributed by atoms with Gasteiger partial charge in [-0.05, 0) is 36.5 Å². The molecule has 0 aromatic heterocycles. The van der Waals surface area contributed by atoms with Crippen molar-refractivity contribution in [1.82, 2.24) is 5.32 Å². The zero-order chi connectivity index (χ0) is 13.9. The monoisotopic (exact) mass is 287 g/mol. The number of hydrogen-bond donors (Lipinski definition) is 2. The molecule has 1 amide bonds. The molecule has 0 radical (unpaired) electrons. The molecule has 1 heterocycles. The lowest BCUT2D eigenvalue weighted by molar-refractivity contribution is 0.0310. The highest BCUT2D eigenvalue weighted by Gasteiger charge is 2.30. The first-order valence-electron chi connectivity index (χ1n) is 6.04. The Kier molecular flexibility index (Phi) is 4.42. The van der Waals surface area contributed by atoms with Crippen molar-refractivity contribution in [1.29, 1.82) is 0 Å². The summed E-state index contributed by atoms with van der Waals surface area (Å²) in [4.78, 5) is 11.8. The first-order chi connectivity index (χ1) is 9.02. The number of rotatable bonds is 3. The van der Waals surface area contributed by atoms with Gasteiger partial charge in [0.1, 0.15) is 0 Å². The van der Waals surface area contributed by atoms with Crippen molar-refractivity contribution in [2.45, 2.75) is 18.4 Å². The van der Waals surface area contributed by atoms with E-state index in [-0.39, 0.29) is 12.1 Å². The molecule has 1 aromatic carbocycles. The van der Waals surface area contributed by atoms with Gasteiger partial charge in [0.2, 0.25) is 0 Å². The third-order valence-corrected chi connectivity index (χ3v) is 4.18. The Balaban J connectivity index is 1.99. The molecule has 0 unspecified atom stereocenters. The van der Waals surface area contributed by atoms with Crippen LogP contribution in [0.1, 0.15) is 23.2 Å². The SMILES string of the molecule is O=C(NCC1(O)CCSCC1)c1cccc(F)c1F. The van der Waals surface area contributed by atoms with Gasteiger partial charge in [-0.3, -0.25) is 4.79 Å². The van der Waals surface area contributed by atoms with Crippen molar-refractivity contribution >= 4 is 17.7 Å². The number of nitrogens with one attached hydrogen (secondary N) is 1. The third kappa shape index (κ3) is 3.45. The van der Waals surface area contributed by atoms with Crippen molar-refractivity contribution in [2.75, 3.05) is 18.1 Å². The van der Waals surface area contributed by atoms with Gasteiger partial charge in [0, 0.05) is 6.54 Å². The van der Waals surface area contributed by atoms with Crippen LogP contribution < -0.4 is 5.32 Å². The Morgan fingerprint density at radius 1 is 1.37 bits per heavy atom. The van der Waals surface area contributed by atoms with Gasteiger partial charge >= 0.3 is 0 Å². The van der Waals surface area contributed by atoms with Crippen LogP contribution in [0.4, 0.5) is 8.78 Å². The van der Waals surface area contributed by atoms with E-state index in [9.17, 15) is 18.7 Å². The van der Waals surface area contributed by atoms with E-state index < -0.39 is 23.1 Å². The third-order valence-electron chi connectivity index (χ3n) is 3.20. The molecule has 0 bridgehead atoms. The lowest BCUT2D eigenvalue weighted by atomic mass is 9.97. The maximum Gasteiger partial charge on any atom is 0.254 e. The van der Waals surface area contributed by atoms with Crippen LogP contribution in [-0.2, 0) is 0 Å². The van der Waals surface area contributed by atoms with Crippen molar-refractivity contribution in [2.24, 2.45) is 0 Å². The van der Waals surface area contributed by atoms with E-state index in [4.69, 9.17) is 0 Å². The Morgan fingerprint density at radius 3 is 2.74 bits per heavy atom. The van der Waals surface area contributed by atoms with E-state index in [0.29, 0.717) is 12.8 Å². The number of aliphatic hydroxyl groups is 1. The number of amides is 1. The topological polar surface area (TPSA) is 49.3 Å². The molecule has 2 N–H and O–H groups in total. The second-order valence-electron chi connectivity index (χ2n) is 4.62. The van der Waals surface area contributed by atoms with E-state index in [1.807, 2.05) is 0 Å². The number of halogens is 2. The molecule has 2 rings (SSSR count). The summed E-state index contributed by atoms with van der Waals surface area (Å²) >= 11 is 1.75. The summed E-state index contributed by atoms with van der Waals surface area (Å²) in [6.45, 7) is 0.0579. The van der Waals surface area contributed by atoms with Gasteiger partial charge in [0.15, 0.2) is 11.6 Å². The maximum atomic E-state index is 13.4. The van der Waals surface area contributed by atoms with E-state index in [0.717, 1.165) is 17.6 Å². The van der Waals surface area contributed by atoms with Crippen LogP contribution in [-0.4, -0.2) is 34.7 Å². The summed E-state index contributed by atoms with van der Waals surface area (Å²) in [6, 6.07) is 3.45. The second-order valence-corrected chi connectivity index (χ2v) is 5.85. The average Bonchev–Trinajstić information content (AvgIpc) is 2.40. The molecular weight excluding hydrogens is 272 g/mol. The number of benzene rings is 1. The van der Waals surface area contributed by atoms with Crippen LogP contribution >= 0.6 is 11.8 Å². The molecule has 1 aliphatic rings. The van der Waals surface area contributed by atoms with Crippen LogP contribution in [0.25, 0.3) is 0 Å². The largest absolute Gasteiger partial charge is 0.388 e. The lowest BCUT2D eigenvalue weighted by Gasteiger charge is -2.31. The van der Waals surface area contributed by atoms with E-state index >= 15 is 0 Å². The molecule has 6 heteroatoms. The average molecular weight is 287 g/mol. The summed E-state index contributed by atoms with van der Waals surface area (Å²) < 4.78 is 26.4. The smallest absolute Gasteiger partial charge is 0.254 e. The molecule has 0 saturated carbocycles. The van der Waals surface area contributed by atoms with Crippen LogP contribution in [0.2, 0.25) is 0 Å². The highest BCUT2D eigenvalue weighted by Crippen LogP contribution is 2.26. The van der Waals surface area contributed by atoms with Gasteiger partial charge in [-0.25, -0.2) is 8.78 Å². The zero-order valence-corrected chi connectivity index (χ0v) is 11.1. The Hall–Kier alpha value is -1.14. The van der Waals surface area contributed by atoms with Crippen LogP contribution in [0.3, 0.4) is 0 Å². The minimum Gasteiger partial charge on any atom is -0.388 e. The number of carbonyl (C=O) groups is 1. The first-order valence-corrected chi connectivity index (χ1v) is 7.20. The molecule has 19 heavy (non-hydrogen) atoms. The van der Waals surface area contributed by atoms with Gasteiger partial charge in [-0.2, -0.15) is 11.8 Å². The Morgan fingerprint density at radius 2 is 2.05 bits per heavy atom. The van der Waals surface area contributed by atoms with E-state index in [1.54, 1.807) is 11.8 Å². The highest BCUT2D eigenvalue weighted by molar-refractivity contribution is 7.99. The normalized spacial score (nSPS) is 18.1. The Bertz CT molecular complexity index is 476. The van der Waals surface area contributed by atoms with Crippen LogP contribution in [0.5, 0.6) is 0 Å². The van der Waals surface area contributed by atoms with E-state index in [2.05, 4.69) is 5.32 Å². The molecule has 0 spiro atoms. The summed E-state index contributed by atoms with van der Waals surface area (Å²) in [7, 11) is 0. The molecule has 0 aliphatic carbocycles. The predicted molar refractivity (Wildman–Crippen MR) is 70.2 cm³/mol. The molecule has 104 valence electrons. The standard InChI is InChI=1S/C13H15F2NO2S/c14-10-3-1-2-9(11(10)15)12(17)16-8-13(18)4-6-19-7-5-13/h1-3,18H,4-8H2,(H,16,17). The minimum absolute atomic E-state index is 0.0579. The van der Waals surface area contributed by atoms with Crippen molar-refractivity contribution in [3.05, 3.63) is 35.4 Å². The molecule has 0 atom stereocenters. The first kappa shape index (κ1) is 14.3. The fourth-order valence-electron chi connectivity index (χ4n) is 1.95. The fraction of sp³-hybridized carbons (Fsp3) is 0.462. The van der Waals surface area contributed by atoms with Crippen LogP contribution in [0.15, 0.2) is 18.2 Å². The molecule has 1 aromatic rings. The Labute approximate surface area is 114 Å². The molecule has 3 nitrogen and oxygen atoms in total. The fourth-order valence-corrected chi connectivity index (χ4v) is 3.20. The quantitative estimate of drug-likeness (QED) is 0.893. The molecular formula is C13H15F2NO2S. The second kappa shape index (κ2) is 5.88. The van der Waals surface area contributed by atoms with Gasteiger partial charge in [0.05, 0.1) is 11.2 Å². The predicted octanol–water partition coefficient (Wildman–Crippen LogP) is 1.95. The molecule has 1 aliphatic heterocycles.